The Kier molecular flexibility index (Phi) is 11.9. The molecular formula is C37H38Cl2N6O7. The molecule has 6 N–H and O–H groups in total. The Hall–Kier alpha value is -4.79. The molecule has 2 aromatic heterocycles. The monoisotopic (exact) mass is 748 g/mol. The molecule has 1 unspecified atom stereocenters. The van der Waals surface area contributed by atoms with E-state index in [0.717, 1.165) is 22.3 Å². The first kappa shape index (κ1) is 37.0. The van der Waals surface area contributed by atoms with Crippen LogP contribution in [0.3, 0.4) is 0 Å². The molecule has 6 rings (SSSR count). The lowest BCUT2D eigenvalue weighted by Crippen LogP contribution is -2.30. The third kappa shape index (κ3) is 8.80. The van der Waals surface area contributed by atoms with Gasteiger partial charge in [0.25, 0.3) is 5.91 Å². The summed E-state index contributed by atoms with van der Waals surface area (Å²) in [5.74, 6) is -0.564. The first-order chi connectivity index (χ1) is 25.1. The largest absolute Gasteiger partial charge is 0.481 e. The van der Waals surface area contributed by atoms with Crippen LogP contribution in [0.4, 0.5) is 5.82 Å². The number of halogens is 2. The molecule has 15 heteroatoms. The minimum atomic E-state index is -1.09. The van der Waals surface area contributed by atoms with Gasteiger partial charge in [-0.2, -0.15) is 4.98 Å². The fourth-order valence-corrected chi connectivity index (χ4v) is 6.90. The van der Waals surface area contributed by atoms with E-state index in [9.17, 15) is 19.5 Å². The zero-order chi connectivity index (χ0) is 36.8. The van der Waals surface area contributed by atoms with Gasteiger partial charge in [0.05, 0.1) is 30.2 Å². The molecule has 0 bridgehead atoms. The van der Waals surface area contributed by atoms with E-state index in [1.807, 2.05) is 30.3 Å². The highest BCUT2D eigenvalue weighted by Crippen LogP contribution is 2.43. The number of benzene rings is 2. The number of pyridine rings is 2. The number of aliphatic hydroxyl groups is 1. The van der Waals surface area contributed by atoms with Crippen molar-refractivity contribution in [2.75, 3.05) is 25.5 Å². The quantitative estimate of drug-likeness (QED) is 0.0993. The second kappa shape index (κ2) is 16.7. The van der Waals surface area contributed by atoms with Crippen LogP contribution >= 0.6 is 23.2 Å². The van der Waals surface area contributed by atoms with Crippen molar-refractivity contribution in [2.45, 2.75) is 57.0 Å². The summed E-state index contributed by atoms with van der Waals surface area (Å²) in [6.07, 6.45) is 1.71. The van der Waals surface area contributed by atoms with Gasteiger partial charge in [-0.05, 0) is 53.3 Å². The normalized spacial score (nSPS) is 17.0. The number of carbonyl (C=O) groups excluding carboxylic acids is 2. The summed E-state index contributed by atoms with van der Waals surface area (Å²) in [7, 11) is 1.48. The molecule has 3 atom stereocenters. The van der Waals surface area contributed by atoms with Crippen LogP contribution in [0.1, 0.15) is 58.0 Å². The zero-order valence-corrected chi connectivity index (χ0v) is 29.8. The third-order valence-electron chi connectivity index (χ3n) is 8.92. The van der Waals surface area contributed by atoms with Gasteiger partial charge < -0.3 is 41.0 Å². The number of fused-ring (bicyclic) bond motifs is 1. The van der Waals surface area contributed by atoms with E-state index < -0.39 is 12.1 Å². The summed E-state index contributed by atoms with van der Waals surface area (Å²) < 4.78 is 11.8. The summed E-state index contributed by atoms with van der Waals surface area (Å²) in [6.45, 7) is 1.46. The van der Waals surface area contributed by atoms with Gasteiger partial charge in [-0.1, -0.05) is 59.6 Å². The number of nitrogens with zero attached hydrogens (tertiary/aromatic N) is 2. The van der Waals surface area contributed by atoms with Crippen molar-refractivity contribution in [3.05, 3.63) is 98.7 Å². The van der Waals surface area contributed by atoms with Gasteiger partial charge >= 0.3 is 5.97 Å². The first-order valence-electron chi connectivity index (χ1n) is 16.8. The third-order valence-corrected chi connectivity index (χ3v) is 9.60. The number of aromatic nitrogens is 2. The number of anilines is 1. The molecule has 4 aromatic rings. The molecule has 2 aliphatic rings. The molecule has 52 heavy (non-hydrogen) atoms. The van der Waals surface area contributed by atoms with E-state index in [1.165, 1.54) is 7.11 Å². The molecule has 0 spiro atoms. The van der Waals surface area contributed by atoms with Crippen molar-refractivity contribution >= 4 is 46.8 Å². The van der Waals surface area contributed by atoms with Gasteiger partial charge in [0, 0.05) is 56.0 Å². The minimum Gasteiger partial charge on any atom is -0.481 e. The van der Waals surface area contributed by atoms with Gasteiger partial charge in [0.1, 0.15) is 16.9 Å². The first-order valence-corrected chi connectivity index (χ1v) is 17.5. The number of hydrogen-bond donors (Lipinski definition) is 6. The summed E-state index contributed by atoms with van der Waals surface area (Å²) >= 11 is 13.5. The summed E-state index contributed by atoms with van der Waals surface area (Å²) in [6, 6.07) is 16.6. The van der Waals surface area contributed by atoms with Crippen molar-refractivity contribution in [1.82, 2.24) is 25.9 Å². The SMILES string of the molecule is COc1nc(O[C@H]2CCc3c(-c4cccc(C(=O)Nc5ccc(CNC6CNC(=O)C6)cn5)c4Cl)cccc32)c(Cl)cc1CNC[C@@H](O)CC(=O)O. The fourth-order valence-electron chi connectivity index (χ4n) is 6.37. The molecule has 3 heterocycles. The molecule has 1 aliphatic carbocycles. The molecule has 1 aliphatic heterocycles. The van der Waals surface area contributed by atoms with E-state index in [0.29, 0.717) is 59.9 Å². The van der Waals surface area contributed by atoms with E-state index in [2.05, 4.69) is 31.2 Å². The number of hydrogen-bond acceptors (Lipinski definition) is 10. The lowest BCUT2D eigenvalue weighted by atomic mass is 9.95. The number of aliphatic hydroxyl groups excluding tert-OH is 1. The fraction of sp³-hybridized carbons (Fsp3) is 0.324. The maximum Gasteiger partial charge on any atom is 0.306 e. The molecule has 1 fully saturated rings. The summed E-state index contributed by atoms with van der Waals surface area (Å²) in [4.78, 5) is 44.5. The molecule has 0 saturated carbocycles. The van der Waals surface area contributed by atoms with Gasteiger partial charge in [0.15, 0.2) is 0 Å². The van der Waals surface area contributed by atoms with Crippen LogP contribution in [0.25, 0.3) is 11.1 Å². The van der Waals surface area contributed by atoms with Crippen molar-refractivity contribution in [1.29, 1.82) is 0 Å². The highest BCUT2D eigenvalue weighted by Gasteiger charge is 2.29. The zero-order valence-electron chi connectivity index (χ0n) is 28.2. The van der Waals surface area contributed by atoms with Crippen LogP contribution in [-0.4, -0.2) is 70.3 Å². The number of aliphatic carboxylic acids is 1. The molecule has 272 valence electrons. The summed E-state index contributed by atoms with van der Waals surface area (Å²) in [5.41, 5.74) is 5.44. The number of carboxylic acid groups (broad SMARTS) is 1. The average molecular weight is 750 g/mol. The topological polar surface area (TPSA) is 184 Å². The Morgan fingerprint density at radius 2 is 1.88 bits per heavy atom. The molecule has 0 radical (unpaired) electrons. The average Bonchev–Trinajstić information content (AvgIpc) is 3.74. The van der Waals surface area contributed by atoms with Crippen LogP contribution in [0.15, 0.2) is 60.8 Å². The van der Waals surface area contributed by atoms with Crippen LogP contribution in [0, 0.1) is 0 Å². The number of ether oxygens (including phenoxy) is 2. The maximum absolute atomic E-state index is 13.4. The van der Waals surface area contributed by atoms with Crippen LogP contribution in [0.5, 0.6) is 11.8 Å². The van der Waals surface area contributed by atoms with Crippen LogP contribution in [0.2, 0.25) is 10.0 Å². The number of rotatable bonds is 15. The molecule has 13 nitrogen and oxygen atoms in total. The lowest BCUT2D eigenvalue weighted by molar-refractivity contribution is -0.139. The predicted octanol–water partition coefficient (Wildman–Crippen LogP) is 4.68. The standard InChI is InChI=1S/C37H38Cl2N6O7/c1-51-36-21(17-40-19-23(46)14-33(48)49)12-29(38)37(45-36)52-30-10-9-25-24(4-2-5-26(25)30)27-6-3-7-28(34(27)39)35(50)44-31-11-8-20(16-42-31)15-41-22-13-32(47)43-18-22/h2-8,11-12,16,22-23,30,40-41,46H,9-10,13-15,17-19H2,1H3,(H,43,47)(H,48,49)(H,42,44,50)/t22?,23-,30-/m0/s1. The number of nitrogens with one attached hydrogen (secondary N) is 4. The van der Waals surface area contributed by atoms with Gasteiger partial charge in [0.2, 0.25) is 17.7 Å². The van der Waals surface area contributed by atoms with E-state index in [4.69, 9.17) is 37.8 Å². The van der Waals surface area contributed by atoms with Gasteiger partial charge in [-0.3, -0.25) is 14.4 Å². The number of amides is 2. The Morgan fingerprint density at radius 3 is 2.62 bits per heavy atom. The van der Waals surface area contributed by atoms with Crippen molar-refractivity contribution in [2.24, 2.45) is 0 Å². The number of methoxy groups -OCH3 is 1. The molecular weight excluding hydrogens is 711 g/mol. The van der Waals surface area contributed by atoms with E-state index >= 15 is 0 Å². The predicted molar refractivity (Wildman–Crippen MR) is 195 cm³/mol. The maximum atomic E-state index is 13.4. The van der Waals surface area contributed by atoms with Crippen molar-refractivity contribution in [3.63, 3.8) is 0 Å². The summed E-state index contributed by atoms with van der Waals surface area (Å²) in [5, 5.41) is 31.2. The van der Waals surface area contributed by atoms with Crippen LogP contribution in [-0.2, 0) is 29.1 Å². The van der Waals surface area contributed by atoms with Gasteiger partial charge in [-0.15, -0.1) is 0 Å². The van der Waals surface area contributed by atoms with E-state index in [1.54, 1.807) is 30.5 Å². The molecule has 2 aromatic carbocycles. The second-order valence-corrected chi connectivity index (χ2v) is 13.4. The van der Waals surface area contributed by atoms with E-state index in [-0.39, 0.29) is 60.3 Å². The molecule has 2 amide bonds. The van der Waals surface area contributed by atoms with Crippen LogP contribution < -0.4 is 30.7 Å². The Labute approximate surface area is 310 Å². The van der Waals surface area contributed by atoms with Crippen molar-refractivity contribution in [3.8, 4) is 22.9 Å². The Balaban J connectivity index is 1.13. The Bertz CT molecular complexity index is 1960. The van der Waals surface area contributed by atoms with Crippen molar-refractivity contribution < 1.29 is 34.1 Å². The minimum absolute atomic E-state index is 0.0385. The highest BCUT2D eigenvalue weighted by atomic mass is 35.5. The number of carbonyl (C=O) groups is 3. The van der Waals surface area contributed by atoms with Gasteiger partial charge in [-0.25, -0.2) is 4.98 Å². The highest BCUT2D eigenvalue weighted by molar-refractivity contribution is 6.37. The number of carboxylic acids is 1. The molecule has 1 saturated heterocycles. The Morgan fingerprint density at radius 1 is 1.08 bits per heavy atom. The second-order valence-electron chi connectivity index (χ2n) is 12.6. The lowest BCUT2D eigenvalue weighted by Gasteiger charge is -2.18. The smallest absolute Gasteiger partial charge is 0.306 e.